The number of hydrogen-bond donors (Lipinski definition) is 6. The molecule has 6 aromatic carbocycles. The highest BCUT2D eigenvalue weighted by Gasteiger charge is 2.20. The summed E-state index contributed by atoms with van der Waals surface area (Å²) in [5.41, 5.74) is 2.27. The Kier molecular flexibility index (Phi) is 22.7. The largest absolute Gasteiger partial charge is 0.508 e. The fourth-order valence-electron chi connectivity index (χ4n) is 7.65. The standard InChI is InChI=1S/C33H38FN3O4.C21H14FN3O4.C6H13Br/c1-3-5-7-9-19-40-25-15-17-27(29(38)21-25)32-35-31(23-11-13-24(34)14-12-23)36-33(37-32)28-18-16-26(22-30(28)39)41-20-10-8-6-4-2;22-12-3-1-11(2-4-12)19-23-20(15-7-5-13(26)9-17(15)28)25-21(24-19)16-8-6-14(27)10-18(16)29;1-2-3-4-5-6-7/h11-18,21-22,38-39H,3-10,19-20H2,1-2H3;1-10,26-29H;2-6H2,1H3. The molecule has 0 saturated heterocycles. The molecular formula is C60H65BrF2N6O8. The molecule has 0 saturated carbocycles. The number of phenols is 6. The topological polar surface area (TPSA) is 217 Å². The zero-order valence-electron chi connectivity index (χ0n) is 43.5. The molecule has 0 atom stereocenters. The molecule has 0 aliphatic rings. The molecule has 0 fully saturated rings. The van der Waals surface area contributed by atoms with E-state index in [-0.39, 0.29) is 86.4 Å². The Morgan fingerprint density at radius 1 is 0.364 bits per heavy atom. The first kappa shape index (κ1) is 58.3. The van der Waals surface area contributed by atoms with Crippen molar-refractivity contribution in [2.24, 2.45) is 0 Å². The van der Waals surface area contributed by atoms with Gasteiger partial charge in [-0.2, -0.15) is 0 Å². The molecule has 0 radical (unpaired) electrons. The second-order valence-electron chi connectivity index (χ2n) is 18.0. The van der Waals surface area contributed by atoms with Gasteiger partial charge in [0.15, 0.2) is 34.9 Å². The highest BCUT2D eigenvalue weighted by atomic mass is 79.9. The SMILES string of the molecule is CCCCCCBr.CCCCCCOc1ccc(-c2nc(-c3ccc(F)cc3)nc(-c3ccc(OCCCCCC)cc3O)n2)c(O)c1.Oc1ccc(-c2nc(-c3ccc(F)cc3)nc(-c3ccc(O)cc3O)n2)c(O)c1. The van der Waals surface area contributed by atoms with Crippen molar-refractivity contribution >= 4 is 15.9 Å². The summed E-state index contributed by atoms with van der Waals surface area (Å²) in [4.78, 5) is 26.8. The number of aromatic nitrogens is 6. The van der Waals surface area contributed by atoms with Crippen LogP contribution < -0.4 is 9.47 Å². The zero-order chi connectivity index (χ0) is 55.1. The van der Waals surface area contributed by atoms with Crippen LogP contribution in [0.3, 0.4) is 0 Å². The lowest BCUT2D eigenvalue weighted by Crippen LogP contribution is -2.02. The summed E-state index contributed by atoms with van der Waals surface area (Å²) >= 11 is 3.38. The predicted octanol–water partition coefficient (Wildman–Crippen LogP) is 15.1. The van der Waals surface area contributed by atoms with E-state index in [0.717, 1.165) is 63.5 Å². The van der Waals surface area contributed by atoms with Gasteiger partial charge in [0.1, 0.15) is 57.6 Å². The van der Waals surface area contributed by atoms with E-state index in [1.165, 1.54) is 91.7 Å². The summed E-state index contributed by atoms with van der Waals surface area (Å²) < 4.78 is 38.5. The lowest BCUT2D eigenvalue weighted by molar-refractivity contribution is 0.303. The third-order valence-corrected chi connectivity index (χ3v) is 12.4. The van der Waals surface area contributed by atoms with Gasteiger partial charge in [-0.05, 0) is 116 Å². The summed E-state index contributed by atoms with van der Waals surface area (Å²) in [7, 11) is 0. The van der Waals surface area contributed by atoms with E-state index in [4.69, 9.17) is 9.47 Å². The molecule has 17 heteroatoms. The maximum absolute atomic E-state index is 13.6. The lowest BCUT2D eigenvalue weighted by Gasteiger charge is -2.12. The summed E-state index contributed by atoms with van der Waals surface area (Å²) in [6, 6.07) is 29.2. The van der Waals surface area contributed by atoms with Crippen LogP contribution in [0.25, 0.3) is 68.3 Å². The van der Waals surface area contributed by atoms with Crippen molar-refractivity contribution < 1.29 is 48.9 Å². The van der Waals surface area contributed by atoms with Crippen molar-refractivity contribution in [1.29, 1.82) is 0 Å². The molecule has 14 nitrogen and oxygen atoms in total. The van der Waals surface area contributed by atoms with Gasteiger partial charge in [0, 0.05) is 40.7 Å². The molecule has 404 valence electrons. The molecular weight excluding hydrogens is 1050 g/mol. The first-order chi connectivity index (χ1) is 37.3. The average Bonchev–Trinajstić information content (AvgIpc) is 3.44. The number of ether oxygens (including phenoxy) is 2. The molecule has 6 N–H and O–H groups in total. The van der Waals surface area contributed by atoms with E-state index >= 15 is 0 Å². The fraction of sp³-hybridized carbons (Fsp3) is 0.300. The van der Waals surface area contributed by atoms with E-state index in [1.54, 1.807) is 48.5 Å². The van der Waals surface area contributed by atoms with E-state index < -0.39 is 5.82 Å². The Morgan fingerprint density at radius 2 is 0.675 bits per heavy atom. The van der Waals surface area contributed by atoms with Gasteiger partial charge in [0.05, 0.1) is 35.5 Å². The molecule has 77 heavy (non-hydrogen) atoms. The van der Waals surface area contributed by atoms with Gasteiger partial charge in [0.25, 0.3) is 0 Å². The third kappa shape index (κ3) is 17.6. The molecule has 0 aliphatic carbocycles. The van der Waals surface area contributed by atoms with Gasteiger partial charge in [-0.1, -0.05) is 94.5 Å². The maximum Gasteiger partial charge on any atom is 0.167 e. The van der Waals surface area contributed by atoms with Gasteiger partial charge < -0.3 is 40.1 Å². The van der Waals surface area contributed by atoms with Crippen LogP contribution in [0, 0.1) is 11.6 Å². The summed E-state index contributed by atoms with van der Waals surface area (Å²) in [5, 5.41) is 62.4. The van der Waals surface area contributed by atoms with E-state index in [9.17, 15) is 39.4 Å². The predicted molar refractivity (Wildman–Crippen MR) is 299 cm³/mol. The number of benzene rings is 6. The number of rotatable bonds is 22. The molecule has 8 rings (SSSR count). The van der Waals surface area contributed by atoms with Crippen LogP contribution in [0.1, 0.15) is 97.8 Å². The van der Waals surface area contributed by atoms with Gasteiger partial charge in [0.2, 0.25) is 0 Å². The van der Waals surface area contributed by atoms with Gasteiger partial charge in [-0.3, -0.25) is 0 Å². The minimum Gasteiger partial charge on any atom is -0.508 e. The number of alkyl halides is 1. The maximum atomic E-state index is 13.6. The van der Waals surface area contributed by atoms with Gasteiger partial charge in [-0.25, -0.2) is 38.7 Å². The molecule has 8 aromatic rings. The summed E-state index contributed by atoms with van der Waals surface area (Å²) in [6.45, 7) is 7.69. The Morgan fingerprint density at radius 3 is 0.987 bits per heavy atom. The second-order valence-corrected chi connectivity index (χ2v) is 18.7. The van der Waals surface area contributed by atoms with Crippen molar-refractivity contribution in [1.82, 2.24) is 29.9 Å². The second kappa shape index (κ2) is 30.0. The van der Waals surface area contributed by atoms with Crippen LogP contribution in [0.2, 0.25) is 0 Å². The number of aromatic hydroxyl groups is 6. The molecule has 0 amide bonds. The number of unbranched alkanes of at least 4 members (excludes halogenated alkanes) is 9. The first-order valence-corrected chi connectivity index (χ1v) is 27.0. The minimum absolute atomic E-state index is 0.0469. The zero-order valence-corrected chi connectivity index (χ0v) is 45.1. The molecule has 0 unspecified atom stereocenters. The fourth-order valence-corrected chi connectivity index (χ4v) is 8.04. The molecule has 0 aliphatic heterocycles. The summed E-state index contributed by atoms with van der Waals surface area (Å²) in [6.07, 6.45) is 14.2. The normalized spacial score (nSPS) is 10.8. The smallest absolute Gasteiger partial charge is 0.167 e. The Balaban J connectivity index is 0.000000231. The molecule has 0 bridgehead atoms. The van der Waals surface area contributed by atoms with E-state index in [2.05, 4.69) is 66.6 Å². The monoisotopic (exact) mass is 1110 g/mol. The third-order valence-electron chi connectivity index (χ3n) is 11.9. The Hall–Kier alpha value is -7.92. The average molecular weight is 1120 g/mol. The summed E-state index contributed by atoms with van der Waals surface area (Å²) in [5.74, 6) is 0.495. The van der Waals surface area contributed by atoms with Crippen molar-refractivity contribution in [2.75, 3.05) is 18.5 Å². The lowest BCUT2D eigenvalue weighted by atomic mass is 10.1. The van der Waals surface area contributed by atoms with Crippen LogP contribution in [0.4, 0.5) is 8.78 Å². The van der Waals surface area contributed by atoms with Crippen molar-refractivity contribution in [2.45, 2.75) is 97.8 Å². The van der Waals surface area contributed by atoms with Crippen LogP contribution in [0.15, 0.2) is 121 Å². The van der Waals surface area contributed by atoms with Crippen molar-refractivity contribution in [3.05, 3.63) is 133 Å². The van der Waals surface area contributed by atoms with Gasteiger partial charge >= 0.3 is 0 Å². The van der Waals surface area contributed by atoms with Crippen LogP contribution in [-0.2, 0) is 0 Å². The quantitative estimate of drug-likeness (QED) is 0.0275. The molecule has 0 spiro atoms. The van der Waals surface area contributed by atoms with Crippen LogP contribution in [-0.4, -0.2) is 79.1 Å². The Labute approximate surface area is 456 Å². The number of halogens is 3. The highest BCUT2D eigenvalue weighted by molar-refractivity contribution is 9.09. The Bertz CT molecular complexity index is 2980. The number of hydrogen-bond acceptors (Lipinski definition) is 14. The molecule has 2 aromatic heterocycles. The van der Waals surface area contributed by atoms with Crippen LogP contribution in [0.5, 0.6) is 46.0 Å². The van der Waals surface area contributed by atoms with Crippen molar-refractivity contribution in [3.63, 3.8) is 0 Å². The van der Waals surface area contributed by atoms with E-state index in [0.29, 0.717) is 47.0 Å². The highest BCUT2D eigenvalue weighted by Crippen LogP contribution is 2.38. The molecule has 2 heterocycles. The van der Waals surface area contributed by atoms with Gasteiger partial charge in [-0.15, -0.1) is 0 Å². The minimum atomic E-state index is -0.421. The number of phenolic OH excluding ortho intramolecular Hbond substituents is 6. The first-order valence-electron chi connectivity index (χ1n) is 25.9. The number of nitrogens with zero attached hydrogens (tertiary/aromatic N) is 6. The van der Waals surface area contributed by atoms with Crippen molar-refractivity contribution in [3.8, 4) is 114 Å². The van der Waals surface area contributed by atoms with E-state index in [1.807, 2.05) is 0 Å². The van der Waals surface area contributed by atoms with Crippen LogP contribution >= 0.6 is 15.9 Å².